The Labute approximate surface area is 134 Å². The largest absolute Gasteiger partial charge is 0.316 e. The van der Waals surface area contributed by atoms with Crippen LogP contribution < -0.4 is 5.56 Å². The smallest absolute Gasteiger partial charge is 0.285 e. The average Bonchev–Trinajstić information content (AvgIpc) is 2.84. The molecular formula is C14H13FN4OS2. The highest BCUT2D eigenvalue weighted by Gasteiger charge is 2.18. The summed E-state index contributed by atoms with van der Waals surface area (Å²) in [5.74, 6) is -0.346. The van der Waals surface area contributed by atoms with Gasteiger partial charge in [0.05, 0.1) is 5.69 Å². The van der Waals surface area contributed by atoms with E-state index in [1.165, 1.54) is 40.2 Å². The molecule has 0 bridgehead atoms. The SMILES string of the molecule is CSc1nc2nc(SC)n(C)c2c(=O)n1-c1ccc(F)cc1. The second-order valence-electron chi connectivity index (χ2n) is 4.55. The maximum atomic E-state index is 13.1. The molecule has 22 heavy (non-hydrogen) atoms. The van der Waals surface area contributed by atoms with Gasteiger partial charge < -0.3 is 4.57 Å². The number of benzene rings is 1. The van der Waals surface area contributed by atoms with Gasteiger partial charge in [0.25, 0.3) is 5.56 Å². The van der Waals surface area contributed by atoms with Crippen molar-refractivity contribution in [3.8, 4) is 5.69 Å². The van der Waals surface area contributed by atoms with Crippen LogP contribution in [0, 0.1) is 5.82 Å². The van der Waals surface area contributed by atoms with Gasteiger partial charge in [0.15, 0.2) is 21.5 Å². The van der Waals surface area contributed by atoms with Gasteiger partial charge in [0.1, 0.15) is 5.82 Å². The fourth-order valence-electron chi connectivity index (χ4n) is 2.25. The van der Waals surface area contributed by atoms with Crippen molar-refractivity contribution in [2.45, 2.75) is 10.3 Å². The van der Waals surface area contributed by atoms with Gasteiger partial charge in [-0.05, 0) is 36.8 Å². The van der Waals surface area contributed by atoms with Gasteiger partial charge in [0, 0.05) is 7.05 Å². The molecule has 0 aliphatic heterocycles. The second kappa shape index (κ2) is 5.77. The van der Waals surface area contributed by atoms with E-state index in [9.17, 15) is 9.18 Å². The number of hydrogen-bond acceptors (Lipinski definition) is 5. The number of aromatic nitrogens is 4. The molecule has 3 aromatic rings. The van der Waals surface area contributed by atoms with E-state index in [1.54, 1.807) is 23.7 Å². The fraction of sp³-hybridized carbons (Fsp3) is 0.214. The molecule has 3 rings (SSSR count). The second-order valence-corrected chi connectivity index (χ2v) is 6.09. The van der Waals surface area contributed by atoms with E-state index in [1.807, 2.05) is 12.5 Å². The number of nitrogens with zero attached hydrogens (tertiary/aromatic N) is 4. The van der Waals surface area contributed by atoms with Gasteiger partial charge in [-0.3, -0.25) is 9.36 Å². The maximum absolute atomic E-state index is 13.1. The summed E-state index contributed by atoms with van der Waals surface area (Å²) in [6.07, 6.45) is 3.74. The number of halogens is 1. The van der Waals surface area contributed by atoms with Crippen LogP contribution in [0.25, 0.3) is 16.9 Å². The molecule has 0 saturated carbocycles. The van der Waals surface area contributed by atoms with Crippen LogP contribution in [0.3, 0.4) is 0 Å². The first-order chi connectivity index (χ1) is 10.6. The van der Waals surface area contributed by atoms with Crippen LogP contribution >= 0.6 is 23.5 Å². The Morgan fingerprint density at radius 2 is 1.64 bits per heavy atom. The summed E-state index contributed by atoms with van der Waals surface area (Å²) in [5, 5.41) is 1.25. The number of thioether (sulfide) groups is 2. The molecule has 0 saturated heterocycles. The summed E-state index contributed by atoms with van der Waals surface area (Å²) >= 11 is 2.80. The summed E-state index contributed by atoms with van der Waals surface area (Å²) in [7, 11) is 1.79. The number of fused-ring (bicyclic) bond motifs is 1. The van der Waals surface area contributed by atoms with Gasteiger partial charge in [0.2, 0.25) is 0 Å². The summed E-state index contributed by atoms with van der Waals surface area (Å²) in [6, 6.07) is 5.78. The maximum Gasteiger partial charge on any atom is 0.285 e. The summed E-state index contributed by atoms with van der Waals surface area (Å²) < 4.78 is 16.3. The lowest BCUT2D eigenvalue weighted by Gasteiger charge is -2.10. The zero-order chi connectivity index (χ0) is 15.9. The molecule has 8 heteroatoms. The predicted molar refractivity (Wildman–Crippen MR) is 87.6 cm³/mol. The highest BCUT2D eigenvalue weighted by molar-refractivity contribution is 7.98. The van der Waals surface area contributed by atoms with Gasteiger partial charge in [-0.25, -0.2) is 14.4 Å². The van der Waals surface area contributed by atoms with Crippen molar-refractivity contribution in [3.05, 3.63) is 40.4 Å². The summed E-state index contributed by atoms with van der Waals surface area (Å²) in [4.78, 5) is 21.7. The van der Waals surface area contributed by atoms with Crippen LogP contribution in [0.5, 0.6) is 0 Å². The lowest BCUT2D eigenvalue weighted by atomic mass is 10.3. The monoisotopic (exact) mass is 336 g/mol. The average molecular weight is 336 g/mol. The van der Waals surface area contributed by atoms with Crippen LogP contribution in [0.4, 0.5) is 4.39 Å². The Kier molecular flexibility index (Phi) is 3.96. The third kappa shape index (κ3) is 2.32. The molecular weight excluding hydrogens is 323 g/mol. The normalized spacial score (nSPS) is 11.3. The van der Waals surface area contributed by atoms with Crippen LogP contribution in [0.2, 0.25) is 0 Å². The van der Waals surface area contributed by atoms with Crippen molar-refractivity contribution in [1.82, 2.24) is 19.1 Å². The van der Waals surface area contributed by atoms with Crippen molar-refractivity contribution in [2.75, 3.05) is 12.5 Å². The number of imidazole rings is 1. The molecule has 5 nitrogen and oxygen atoms in total. The van der Waals surface area contributed by atoms with Gasteiger partial charge in [-0.15, -0.1) is 0 Å². The Morgan fingerprint density at radius 3 is 2.23 bits per heavy atom. The molecule has 2 heterocycles. The van der Waals surface area contributed by atoms with Crippen LogP contribution in [0.1, 0.15) is 0 Å². The van der Waals surface area contributed by atoms with Gasteiger partial charge >= 0.3 is 0 Å². The number of hydrogen-bond donors (Lipinski definition) is 0. The first-order valence-electron chi connectivity index (χ1n) is 6.40. The highest BCUT2D eigenvalue weighted by atomic mass is 32.2. The third-order valence-corrected chi connectivity index (χ3v) is 4.65. The predicted octanol–water partition coefficient (Wildman–Crippen LogP) is 2.70. The molecule has 0 aliphatic rings. The van der Waals surface area contributed by atoms with E-state index < -0.39 is 0 Å². The molecule has 0 spiro atoms. The van der Waals surface area contributed by atoms with E-state index in [4.69, 9.17) is 0 Å². The Balaban J connectivity index is 2.38. The van der Waals surface area contributed by atoms with E-state index in [0.29, 0.717) is 22.0 Å². The molecule has 0 radical (unpaired) electrons. The molecule has 0 atom stereocenters. The van der Waals surface area contributed by atoms with Crippen LogP contribution in [0.15, 0.2) is 39.4 Å². The van der Waals surface area contributed by atoms with Crippen molar-refractivity contribution >= 4 is 34.7 Å². The van der Waals surface area contributed by atoms with E-state index >= 15 is 0 Å². The van der Waals surface area contributed by atoms with Crippen molar-refractivity contribution in [2.24, 2.45) is 7.05 Å². The van der Waals surface area contributed by atoms with Gasteiger partial charge in [-0.2, -0.15) is 0 Å². The van der Waals surface area contributed by atoms with Crippen molar-refractivity contribution in [1.29, 1.82) is 0 Å². The first kappa shape index (κ1) is 15.1. The molecule has 114 valence electrons. The highest BCUT2D eigenvalue weighted by Crippen LogP contribution is 2.22. The molecule has 2 aromatic heterocycles. The standard InChI is InChI=1S/C14H13FN4OS2/c1-18-10-11(16-13(18)21-2)17-14(22-3)19(12(10)20)9-6-4-8(15)5-7-9/h4-7H,1-3H3. The lowest BCUT2D eigenvalue weighted by molar-refractivity contribution is 0.626. The van der Waals surface area contributed by atoms with Crippen molar-refractivity contribution < 1.29 is 4.39 Å². The third-order valence-electron chi connectivity index (χ3n) is 3.28. The molecule has 0 aliphatic carbocycles. The molecule has 0 amide bonds. The number of aryl methyl sites for hydroxylation is 1. The van der Waals surface area contributed by atoms with E-state index in [0.717, 1.165) is 5.16 Å². The summed E-state index contributed by atoms with van der Waals surface area (Å²) in [6.45, 7) is 0. The molecule has 1 aromatic carbocycles. The quantitative estimate of drug-likeness (QED) is 0.544. The van der Waals surface area contributed by atoms with Crippen molar-refractivity contribution in [3.63, 3.8) is 0 Å². The van der Waals surface area contributed by atoms with E-state index in [2.05, 4.69) is 9.97 Å². The molecule has 0 fully saturated rings. The minimum absolute atomic E-state index is 0.212. The van der Waals surface area contributed by atoms with Crippen LogP contribution in [-0.4, -0.2) is 31.6 Å². The number of rotatable bonds is 3. The zero-order valence-corrected chi connectivity index (χ0v) is 13.8. The van der Waals surface area contributed by atoms with Crippen LogP contribution in [-0.2, 0) is 7.05 Å². The Morgan fingerprint density at radius 1 is 1.05 bits per heavy atom. The van der Waals surface area contributed by atoms with Gasteiger partial charge in [-0.1, -0.05) is 23.5 Å². The fourth-order valence-corrected chi connectivity index (χ4v) is 3.34. The Hall–Kier alpha value is -1.80. The zero-order valence-electron chi connectivity index (χ0n) is 12.2. The summed E-state index contributed by atoms with van der Waals surface area (Å²) in [5.41, 5.74) is 1.24. The minimum atomic E-state index is -0.346. The Bertz CT molecular complexity index is 902. The topological polar surface area (TPSA) is 52.7 Å². The van der Waals surface area contributed by atoms with E-state index in [-0.39, 0.29) is 11.4 Å². The first-order valence-corrected chi connectivity index (χ1v) is 8.85. The minimum Gasteiger partial charge on any atom is -0.316 e. The lowest BCUT2D eigenvalue weighted by Crippen LogP contribution is -2.23. The molecule has 0 unspecified atom stereocenters. The molecule has 0 N–H and O–H groups in total.